The highest BCUT2D eigenvalue weighted by molar-refractivity contribution is 5.51. The molecule has 0 aliphatic carbocycles. The van der Waals surface area contributed by atoms with E-state index in [0.29, 0.717) is 17.7 Å². The van der Waals surface area contributed by atoms with Crippen LogP contribution < -0.4 is 5.32 Å². The molecule has 0 amide bonds. The van der Waals surface area contributed by atoms with Crippen LogP contribution in [0.4, 0.5) is 5.95 Å². The third-order valence-electron chi connectivity index (χ3n) is 2.61. The standard InChI is InChI=1S/C11H12N8/c1-12-10-15-9(8-4-6-13-18(8)2)16-11(17-10)19-7-3-5-14-19/h3-7H,1-2H3,(H,12,15,16,17). The van der Waals surface area contributed by atoms with Crippen LogP contribution in [0.2, 0.25) is 0 Å². The maximum absolute atomic E-state index is 4.40. The monoisotopic (exact) mass is 256 g/mol. The topological polar surface area (TPSA) is 86.3 Å². The summed E-state index contributed by atoms with van der Waals surface area (Å²) in [6.07, 6.45) is 5.15. The van der Waals surface area contributed by atoms with E-state index in [9.17, 15) is 0 Å². The fraction of sp³-hybridized carbons (Fsp3) is 0.182. The summed E-state index contributed by atoms with van der Waals surface area (Å²) in [5, 5.41) is 11.2. The highest BCUT2D eigenvalue weighted by Gasteiger charge is 2.11. The van der Waals surface area contributed by atoms with E-state index < -0.39 is 0 Å². The second-order valence-electron chi connectivity index (χ2n) is 3.82. The van der Waals surface area contributed by atoms with E-state index in [2.05, 4.69) is 30.5 Å². The molecule has 0 unspecified atom stereocenters. The van der Waals surface area contributed by atoms with Gasteiger partial charge in [-0.05, 0) is 12.1 Å². The molecule has 0 aliphatic heterocycles. The van der Waals surface area contributed by atoms with Crippen LogP contribution >= 0.6 is 0 Å². The molecule has 0 spiro atoms. The number of nitrogens with zero attached hydrogens (tertiary/aromatic N) is 7. The SMILES string of the molecule is CNc1nc(-c2ccnn2C)nc(-n2cccn2)n1. The van der Waals surface area contributed by atoms with Gasteiger partial charge in [0, 0.05) is 32.7 Å². The molecule has 0 bridgehead atoms. The minimum Gasteiger partial charge on any atom is -0.357 e. The van der Waals surface area contributed by atoms with Gasteiger partial charge in [0.15, 0.2) is 5.82 Å². The van der Waals surface area contributed by atoms with Crippen molar-refractivity contribution in [2.75, 3.05) is 12.4 Å². The Morgan fingerprint density at radius 2 is 2.00 bits per heavy atom. The van der Waals surface area contributed by atoms with E-state index in [1.165, 1.54) is 0 Å². The van der Waals surface area contributed by atoms with E-state index in [1.54, 1.807) is 35.0 Å². The van der Waals surface area contributed by atoms with Gasteiger partial charge in [-0.25, -0.2) is 4.68 Å². The van der Waals surface area contributed by atoms with Crippen LogP contribution in [0.1, 0.15) is 0 Å². The largest absolute Gasteiger partial charge is 0.357 e. The number of hydrogen-bond acceptors (Lipinski definition) is 6. The average Bonchev–Trinajstić information content (AvgIpc) is 3.09. The predicted octanol–water partition coefficient (Wildman–Crippen LogP) is 0.499. The molecular weight excluding hydrogens is 244 g/mol. The third kappa shape index (κ3) is 2.03. The lowest BCUT2D eigenvalue weighted by Gasteiger charge is -2.06. The first-order valence-corrected chi connectivity index (χ1v) is 5.70. The third-order valence-corrected chi connectivity index (χ3v) is 2.61. The predicted molar refractivity (Wildman–Crippen MR) is 68.7 cm³/mol. The Balaban J connectivity index is 2.16. The molecule has 0 atom stereocenters. The number of hydrogen-bond donors (Lipinski definition) is 1. The summed E-state index contributed by atoms with van der Waals surface area (Å²) in [5.41, 5.74) is 0.812. The molecule has 1 N–H and O–H groups in total. The van der Waals surface area contributed by atoms with Crippen molar-refractivity contribution in [2.24, 2.45) is 7.05 Å². The molecule has 0 saturated carbocycles. The highest BCUT2D eigenvalue weighted by atomic mass is 15.4. The first-order chi connectivity index (χ1) is 9.28. The van der Waals surface area contributed by atoms with Gasteiger partial charge in [-0.2, -0.15) is 25.1 Å². The molecule has 8 nitrogen and oxygen atoms in total. The summed E-state index contributed by atoms with van der Waals surface area (Å²) in [4.78, 5) is 13.0. The van der Waals surface area contributed by atoms with Crippen LogP contribution in [0.15, 0.2) is 30.7 Å². The number of anilines is 1. The van der Waals surface area contributed by atoms with Crippen molar-refractivity contribution in [3.8, 4) is 17.5 Å². The van der Waals surface area contributed by atoms with Crippen LogP contribution in [0.5, 0.6) is 0 Å². The molecule has 3 rings (SSSR count). The first-order valence-electron chi connectivity index (χ1n) is 5.70. The molecule has 0 radical (unpaired) electrons. The van der Waals surface area contributed by atoms with Crippen LogP contribution in [-0.4, -0.2) is 41.6 Å². The zero-order chi connectivity index (χ0) is 13.2. The lowest BCUT2D eigenvalue weighted by Crippen LogP contribution is -2.09. The number of rotatable bonds is 3. The Hall–Kier alpha value is -2.77. The molecule has 3 aromatic rings. The summed E-state index contributed by atoms with van der Waals surface area (Å²) in [6, 6.07) is 3.66. The molecule has 0 aliphatic rings. The van der Waals surface area contributed by atoms with Gasteiger partial charge >= 0.3 is 0 Å². The maximum atomic E-state index is 4.40. The van der Waals surface area contributed by atoms with Crippen molar-refractivity contribution < 1.29 is 0 Å². The summed E-state index contributed by atoms with van der Waals surface area (Å²) in [6.45, 7) is 0. The van der Waals surface area contributed by atoms with Crippen molar-refractivity contribution in [3.05, 3.63) is 30.7 Å². The molecule has 0 aromatic carbocycles. The lowest BCUT2D eigenvalue weighted by atomic mass is 10.4. The Morgan fingerprint density at radius 3 is 2.63 bits per heavy atom. The van der Waals surface area contributed by atoms with E-state index >= 15 is 0 Å². The minimum atomic E-state index is 0.459. The molecule has 0 fully saturated rings. The van der Waals surface area contributed by atoms with Gasteiger partial charge in [0.25, 0.3) is 5.95 Å². The zero-order valence-corrected chi connectivity index (χ0v) is 10.5. The van der Waals surface area contributed by atoms with Crippen LogP contribution in [0.3, 0.4) is 0 Å². The fourth-order valence-electron chi connectivity index (χ4n) is 1.67. The van der Waals surface area contributed by atoms with E-state index in [0.717, 1.165) is 5.69 Å². The first kappa shape index (κ1) is 11.3. The van der Waals surface area contributed by atoms with Crippen molar-refractivity contribution in [2.45, 2.75) is 0 Å². The van der Waals surface area contributed by atoms with Crippen LogP contribution in [-0.2, 0) is 7.05 Å². The number of nitrogens with one attached hydrogen (secondary N) is 1. The minimum absolute atomic E-state index is 0.459. The van der Waals surface area contributed by atoms with Gasteiger partial charge in [0.05, 0.1) is 0 Å². The molecular formula is C11H12N8. The van der Waals surface area contributed by atoms with Gasteiger partial charge in [-0.15, -0.1) is 0 Å². The summed E-state index contributed by atoms with van der Waals surface area (Å²) < 4.78 is 3.30. The molecule has 8 heteroatoms. The Morgan fingerprint density at radius 1 is 1.11 bits per heavy atom. The van der Waals surface area contributed by atoms with Gasteiger partial charge < -0.3 is 5.32 Å². The second-order valence-corrected chi connectivity index (χ2v) is 3.82. The molecule has 3 heterocycles. The Kier molecular flexibility index (Phi) is 2.67. The summed E-state index contributed by atoms with van der Waals surface area (Å²) in [5.74, 6) is 1.49. The quantitative estimate of drug-likeness (QED) is 0.734. The second kappa shape index (κ2) is 4.48. The Bertz CT molecular complexity index is 685. The van der Waals surface area contributed by atoms with Crippen LogP contribution in [0.25, 0.3) is 17.5 Å². The summed E-state index contributed by atoms with van der Waals surface area (Å²) >= 11 is 0. The van der Waals surface area contributed by atoms with E-state index in [4.69, 9.17) is 0 Å². The van der Waals surface area contributed by atoms with Gasteiger partial charge in [0.2, 0.25) is 5.95 Å². The smallest absolute Gasteiger partial charge is 0.255 e. The zero-order valence-electron chi connectivity index (χ0n) is 10.5. The molecule has 96 valence electrons. The number of aromatic nitrogens is 7. The highest BCUT2D eigenvalue weighted by Crippen LogP contribution is 2.15. The fourth-order valence-corrected chi connectivity index (χ4v) is 1.67. The maximum Gasteiger partial charge on any atom is 0.255 e. The molecule has 3 aromatic heterocycles. The van der Waals surface area contributed by atoms with Crippen molar-refractivity contribution in [1.82, 2.24) is 34.5 Å². The van der Waals surface area contributed by atoms with E-state index in [-0.39, 0.29) is 0 Å². The van der Waals surface area contributed by atoms with Crippen molar-refractivity contribution >= 4 is 5.95 Å². The number of aryl methyl sites for hydroxylation is 1. The van der Waals surface area contributed by atoms with Gasteiger partial charge in [-0.1, -0.05) is 0 Å². The van der Waals surface area contributed by atoms with Crippen molar-refractivity contribution in [3.63, 3.8) is 0 Å². The van der Waals surface area contributed by atoms with Gasteiger partial charge in [-0.3, -0.25) is 4.68 Å². The van der Waals surface area contributed by atoms with Gasteiger partial charge in [0.1, 0.15) is 5.69 Å². The van der Waals surface area contributed by atoms with E-state index in [1.807, 2.05) is 19.2 Å². The Labute approximate surface area is 109 Å². The molecule has 0 saturated heterocycles. The van der Waals surface area contributed by atoms with Crippen LogP contribution in [0, 0.1) is 0 Å². The molecule has 19 heavy (non-hydrogen) atoms. The van der Waals surface area contributed by atoms with Crippen molar-refractivity contribution in [1.29, 1.82) is 0 Å². The normalized spacial score (nSPS) is 10.6. The summed E-state index contributed by atoms with van der Waals surface area (Å²) in [7, 11) is 3.60. The average molecular weight is 256 g/mol. The lowest BCUT2D eigenvalue weighted by molar-refractivity contribution is 0.759.